The van der Waals surface area contributed by atoms with Gasteiger partial charge in [0.05, 0.1) is 11.7 Å². The van der Waals surface area contributed by atoms with Gasteiger partial charge in [-0.1, -0.05) is 30.3 Å². The maximum Gasteiger partial charge on any atom is 0.254 e. The van der Waals surface area contributed by atoms with Crippen molar-refractivity contribution < 1.29 is 19.0 Å². The molecule has 4 nitrogen and oxygen atoms in total. The molecule has 24 heavy (non-hydrogen) atoms. The zero-order chi connectivity index (χ0) is 16.9. The monoisotopic (exact) mass is 329 g/mol. The highest BCUT2D eigenvalue weighted by Gasteiger charge is 2.36. The minimum absolute atomic E-state index is 0.0158. The molecule has 0 bridgehead atoms. The first-order chi connectivity index (χ1) is 11.6. The lowest BCUT2D eigenvalue weighted by Gasteiger charge is -2.21. The van der Waals surface area contributed by atoms with E-state index in [4.69, 9.17) is 4.74 Å². The van der Waals surface area contributed by atoms with Crippen LogP contribution in [0, 0.1) is 11.7 Å². The van der Waals surface area contributed by atoms with Crippen molar-refractivity contribution in [2.24, 2.45) is 5.92 Å². The standard InChI is InChI=1S/C19H20FNO3/c20-16-9-5-4-8-15(16)19(23)21-12-13-10-11-17(18(13)22)24-14-6-2-1-3-7-14/h1-9,13,17-18,22H,10-12H2,(H,21,23)/t13-,17-,18-/m1/s1. The van der Waals surface area contributed by atoms with E-state index in [1.165, 1.54) is 12.1 Å². The van der Waals surface area contributed by atoms with Gasteiger partial charge in [-0.2, -0.15) is 0 Å². The number of carbonyl (C=O) groups is 1. The molecule has 0 saturated heterocycles. The van der Waals surface area contributed by atoms with E-state index in [1.54, 1.807) is 12.1 Å². The van der Waals surface area contributed by atoms with Crippen molar-refractivity contribution in [3.05, 3.63) is 66.0 Å². The molecular weight excluding hydrogens is 309 g/mol. The second-order valence-electron chi connectivity index (χ2n) is 5.99. The quantitative estimate of drug-likeness (QED) is 0.887. The summed E-state index contributed by atoms with van der Waals surface area (Å²) in [5.41, 5.74) is 0.0158. The minimum Gasteiger partial charge on any atom is -0.488 e. The number of hydrogen-bond donors (Lipinski definition) is 2. The van der Waals surface area contributed by atoms with E-state index >= 15 is 0 Å². The lowest BCUT2D eigenvalue weighted by Crippen LogP contribution is -2.37. The van der Waals surface area contributed by atoms with E-state index in [-0.39, 0.29) is 17.6 Å². The molecule has 1 amide bonds. The Morgan fingerprint density at radius 2 is 1.83 bits per heavy atom. The summed E-state index contributed by atoms with van der Waals surface area (Å²) < 4.78 is 19.4. The Kier molecular flexibility index (Phi) is 5.11. The van der Waals surface area contributed by atoms with Crippen LogP contribution in [-0.2, 0) is 0 Å². The molecule has 0 spiro atoms. The van der Waals surface area contributed by atoms with Crippen LogP contribution in [0.15, 0.2) is 54.6 Å². The van der Waals surface area contributed by atoms with Crippen LogP contribution in [0.5, 0.6) is 5.75 Å². The first-order valence-corrected chi connectivity index (χ1v) is 8.07. The summed E-state index contributed by atoms with van der Waals surface area (Å²) in [7, 11) is 0. The second-order valence-corrected chi connectivity index (χ2v) is 5.99. The van der Waals surface area contributed by atoms with Crippen molar-refractivity contribution in [3.8, 4) is 5.75 Å². The molecule has 0 heterocycles. The van der Waals surface area contributed by atoms with Gasteiger partial charge in [-0.15, -0.1) is 0 Å². The number of hydrogen-bond acceptors (Lipinski definition) is 3. The van der Waals surface area contributed by atoms with Crippen molar-refractivity contribution in [1.29, 1.82) is 0 Å². The molecule has 2 aromatic carbocycles. The highest BCUT2D eigenvalue weighted by atomic mass is 19.1. The van der Waals surface area contributed by atoms with Gasteiger partial charge in [0, 0.05) is 12.5 Å². The molecule has 0 aromatic heterocycles. The molecule has 3 atom stereocenters. The predicted octanol–water partition coefficient (Wildman–Crippen LogP) is 2.77. The van der Waals surface area contributed by atoms with Gasteiger partial charge >= 0.3 is 0 Å². The van der Waals surface area contributed by atoms with Crippen LogP contribution in [0.3, 0.4) is 0 Å². The lowest BCUT2D eigenvalue weighted by atomic mass is 10.1. The fourth-order valence-corrected chi connectivity index (χ4v) is 3.01. The molecule has 0 unspecified atom stereocenters. The van der Waals surface area contributed by atoms with Gasteiger partial charge in [0.1, 0.15) is 17.7 Å². The SMILES string of the molecule is O=C(NC[C@H]1CC[C@@H](Oc2ccccc2)[C@@H]1O)c1ccccc1F. The topological polar surface area (TPSA) is 58.6 Å². The first-order valence-electron chi connectivity index (χ1n) is 8.07. The third-order valence-electron chi connectivity index (χ3n) is 4.36. The maximum atomic E-state index is 13.6. The Bertz CT molecular complexity index is 692. The summed E-state index contributed by atoms with van der Waals surface area (Å²) in [6.45, 7) is 0.295. The van der Waals surface area contributed by atoms with Crippen LogP contribution in [-0.4, -0.2) is 29.8 Å². The summed E-state index contributed by atoms with van der Waals surface area (Å²) >= 11 is 0. The average Bonchev–Trinajstić information content (AvgIpc) is 2.94. The van der Waals surface area contributed by atoms with Gasteiger partial charge in [0.25, 0.3) is 5.91 Å². The summed E-state index contributed by atoms with van der Waals surface area (Å²) in [5, 5.41) is 13.1. The molecule has 126 valence electrons. The number of aliphatic hydroxyl groups is 1. The molecule has 3 rings (SSSR count). The van der Waals surface area contributed by atoms with Gasteiger partial charge in [0.2, 0.25) is 0 Å². The average molecular weight is 329 g/mol. The van der Waals surface area contributed by atoms with Crippen LogP contribution in [0.2, 0.25) is 0 Å². The molecule has 0 radical (unpaired) electrons. The van der Waals surface area contributed by atoms with Gasteiger partial charge in [-0.05, 0) is 37.1 Å². The molecule has 2 N–H and O–H groups in total. The van der Waals surface area contributed by atoms with Crippen LogP contribution in [0.1, 0.15) is 23.2 Å². The molecule has 1 aliphatic rings. The number of para-hydroxylation sites is 1. The summed E-state index contributed by atoms with van der Waals surface area (Å²) in [6.07, 6.45) is 0.515. The van der Waals surface area contributed by atoms with Crippen LogP contribution < -0.4 is 10.1 Å². The molecule has 5 heteroatoms. The number of nitrogens with one attached hydrogen (secondary N) is 1. The van der Waals surface area contributed by atoms with Gasteiger partial charge in [-0.3, -0.25) is 4.79 Å². The molecule has 0 aliphatic heterocycles. The fraction of sp³-hybridized carbons (Fsp3) is 0.316. The number of rotatable bonds is 5. The third-order valence-corrected chi connectivity index (χ3v) is 4.36. The zero-order valence-corrected chi connectivity index (χ0v) is 13.2. The molecule has 1 saturated carbocycles. The zero-order valence-electron chi connectivity index (χ0n) is 13.2. The molecule has 1 aliphatic carbocycles. The predicted molar refractivity (Wildman–Crippen MR) is 88.3 cm³/mol. The molecule has 2 aromatic rings. The smallest absolute Gasteiger partial charge is 0.254 e. The number of aliphatic hydroxyl groups excluding tert-OH is 1. The Morgan fingerprint density at radius 3 is 2.58 bits per heavy atom. The van der Waals surface area contributed by atoms with Crippen molar-refractivity contribution in [3.63, 3.8) is 0 Å². The van der Waals surface area contributed by atoms with Crippen molar-refractivity contribution >= 4 is 5.91 Å². The summed E-state index contributed by atoms with van der Waals surface area (Å²) in [4.78, 5) is 12.0. The Balaban J connectivity index is 1.53. The van der Waals surface area contributed by atoms with E-state index < -0.39 is 17.8 Å². The van der Waals surface area contributed by atoms with Crippen molar-refractivity contribution in [1.82, 2.24) is 5.32 Å². The fourth-order valence-electron chi connectivity index (χ4n) is 3.01. The largest absolute Gasteiger partial charge is 0.488 e. The number of benzene rings is 2. The lowest BCUT2D eigenvalue weighted by molar-refractivity contribution is 0.0348. The van der Waals surface area contributed by atoms with Crippen molar-refractivity contribution in [2.45, 2.75) is 25.0 Å². The summed E-state index contributed by atoms with van der Waals surface area (Å²) in [5.74, 6) is -0.396. The van der Waals surface area contributed by atoms with Crippen LogP contribution in [0.4, 0.5) is 4.39 Å². The first kappa shape index (κ1) is 16.5. The Morgan fingerprint density at radius 1 is 1.12 bits per heavy atom. The number of halogens is 1. The van der Waals surface area contributed by atoms with E-state index in [1.807, 2.05) is 30.3 Å². The second kappa shape index (κ2) is 7.45. The van der Waals surface area contributed by atoms with Gasteiger partial charge in [0.15, 0.2) is 0 Å². The van der Waals surface area contributed by atoms with E-state index in [9.17, 15) is 14.3 Å². The van der Waals surface area contributed by atoms with Gasteiger partial charge in [-0.25, -0.2) is 4.39 Å². The summed E-state index contributed by atoms with van der Waals surface area (Å²) in [6, 6.07) is 15.2. The third kappa shape index (κ3) is 3.74. The highest BCUT2D eigenvalue weighted by molar-refractivity contribution is 5.94. The van der Waals surface area contributed by atoms with E-state index in [2.05, 4.69) is 5.32 Å². The van der Waals surface area contributed by atoms with E-state index in [0.717, 1.165) is 18.6 Å². The van der Waals surface area contributed by atoms with Crippen LogP contribution in [0.25, 0.3) is 0 Å². The van der Waals surface area contributed by atoms with Gasteiger partial charge < -0.3 is 15.2 Å². The number of ether oxygens (including phenoxy) is 1. The highest BCUT2D eigenvalue weighted by Crippen LogP contribution is 2.29. The van der Waals surface area contributed by atoms with Crippen molar-refractivity contribution in [2.75, 3.05) is 6.54 Å². The number of carbonyl (C=O) groups excluding carboxylic acids is 1. The Hall–Kier alpha value is -2.40. The Labute approximate surface area is 140 Å². The minimum atomic E-state index is -0.661. The van der Waals surface area contributed by atoms with Crippen LogP contribution >= 0.6 is 0 Å². The normalized spacial score (nSPS) is 23.0. The van der Waals surface area contributed by atoms with E-state index in [0.29, 0.717) is 6.54 Å². The maximum absolute atomic E-state index is 13.6. The molecular formula is C19H20FNO3. The molecule has 1 fully saturated rings. The number of amides is 1.